The smallest absolute Gasteiger partial charge is 0.260 e. The predicted octanol–water partition coefficient (Wildman–Crippen LogP) is 4.21. The minimum atomic E-state index is -0.597. The number of halogens is 2. The zero-order valence-electron chi connectivity index (χ0n) is 13.4. The number of nitrogens with one attached hydrogen (secondary N) is 2. The molecule has 25 heavy (non-hydrogen) atoms. The Balaban J connectivity index is 1.74. The molecule has 4 nitrogen and oxygen atoms in total. The lowest BCUT2D eigenvalue weighted by molar-refractivity contribution is 0.0974. The lowest BCUT2D eigenvalue weighted by atomic mass is 10.2. The molecule has 1 aliphatic heterocycles. The Bertz CT molecular complexity index is 809. The highest BCUT2D eigenvalue weighted by molar-refractivity contribution is 7.80. The summed E-state index contributed by atoms with van der Waals surface area (Å²) >= 11 is 11.6. The highest BCUT2D eigenvalue weighted by atomic mass is 35.5. The fourth-order valence-electron chi connectivity index (χ4n) is 2.85. The molecule has 1 heterocycles. The maximum absolute atomic E-state index is 13.7. The van der Waals surface area contributed by atoms with E-state index in [9.17, 15) is 9.18 Å². The first-order chi connectivity index (χ1) is 12.1. The summed E-state index contributed by atoms with van der Waals surface area (Å²) in [6, 6.07) is 11.2. The summed E-state index contributed by atoms with van der Waals surface area (Å²) in [5, 5.41) is 6.22. The Morgan fingerprint density at radius 2 is 1.84 bits per heavy atom. The van der Waals surface area contributed by atoms with Gasteiger partial charge in [-0.3, -0.25) is 10.1 Å². The summed E-state index contributed by atoms with van der Waals surface area (Å²) in [7, 11) is 0. The molecular weight excluding hydrogens is 361 g/mol. The quantitative estimate of drug-likeness (QED) is 0.786. The molecule has 1 amide bonds. The minimum Gasteiger partial charge on any atom is -0.369 e. The van der Waals surface area contributed by atoms with Gasteiger partial charge >= 0.3 is 0 Å². The van der Waals surface area contributed by atoms with Gasteiger partial charge in [-0.15, -0.1) is 0 Å². The van der Waals surface area contributed by atoms with Gasteiger partial charge in [0, 0.05) is 13.1 Å². The van der Waals surface area contributed by atoms with Crippen molar-refractivity contribution < 1.29 is 9.18 Å². The van der Waals surface area contributed by atoms with Crippen LogP contribution in [0.5, 0.6) is 0 Å². The molecular formula is C18H17ClFN3OS. The van der Waals surface area contributed by atoms with Crippen molar-refractivity contribution >= 4 is 46.2 Å². The molecule has 0 atom stereocenters. The van der Waals surface area contributed by atoms with Gasteiger partial charge in [0.15, 0.2) is 5.11 Å². The van der Waals surface area contributed by atoms with Gasteiger partial charge in [0.1, 0.15) is 5.82 Å². The van der Waals surface area contributed by atoms with E-state index in [4.69, 9.17) is 23.8 Å². The molecule has 0 bridgehead atoms. The number of anilines is 2. The largest absolute Gasteiger partial charge is 0.369 e. The third-order valence-corrected chi connectivity index (χ3v) is 4.51. The standard InChI is InChI=1S/C18H17ClFN3OS/c19-13-7-5-9-15(16(13)23-10-3-4-11-23)21-18(25)22-17(24)12-6-1-2-8-14(12)20/h1-2,5-9H,3-4,10-11H2,(H2,21,22,24,25). The van der Waals surface area contributed by atoms with E-state index in [2.05, 4.69) is 15.5 Å². The van der Waals surface area contributed by atoms with Gasteiger partial charge in [0.2, 0.25) is 0 Å². The lowest BCUT2D eigenvalue weighted by Crippen LogP contribution is -2.35. The van der Waals surface area contributed by atoms with Crippen molar-refractivity contribution in [3.63, 3.8) is 0 Å². The Morgan fingerprint density at radius 1 is 1.12 bits per heavy atom. The topological polar surface area (TPSA) is 44.4 Å². The number of rotatable bonds is 3. The summed E-state index contributed by atoms with van der Waals surface area (Å²) in [6.07, 6.45) is 2.22. The zero-order chi connectivity index (χ0) is 17.8. The number of benzene rings is 2. The van der Waals surface area contributed by atoms with Crippen LogP contribution in [0, 0.1) is 5.82 Å². The third-order valence-electron chi connectivity index (χ3n) is 4.00. The fraction of sp³-hybridized carbons (Fsp3) is 0.222. The van der Waals surface area contributed by atoms with Crippen molar-refractivity contribution in [3.05, 3.63) is 58.9 Å². The van der Waals surface area contributed by atoms with Gasteiger partial charge < -0.3 is 10.2 Å². The van der Waals surface area contributed by atoms with Crippen LogP contribution in [0.15, 0.2) is 42.5 Å². The van der Waals surface area contributed by atoms with Gasteiger partial charge in [-0.05, 0) is 49.3 Å². The number of para-hydroxylation sites is 1. The second-order valence-corrected chi connectivity index (χ2v) is 6.53. The Kier molecular flexibility index (Phi) is 5.50. The van der Waals surface area contributed by atoms with Crippen molar-refractivity contribution in [2.75, 3.05) is 23.3 Å². The van der Waals surface area contributed by atoms with E-state index in [1.807, 2.05) is 18.2 Å². The number of amides is 1. The molecule has 0 unspecified atom stereocenters. The van der Waals surface area contributed by atoms with E-state index < -0.39 is 11.7 Å². The second kappa shape index (κ2) is 7.80. The van der Waals surface area contributed by atoms with Crippen LogP contribution in [0.25, 0.3) is 0 Å². The molecule has 0 aromatic heterocycles. The molecule has 1 aliphatic rings. The van der Waals surface area contributed by atoms with Gasteiger partial charge in [0.05, 0.1) is 22.0 Å². The number of nitrogens with zero attached hydrogens (tertiary/aromatic N) is 1. The van der Waals surface area contributed by atoms with Gasteiger partial charge in [-0.25, -0.2) is 4.39 Å². The summed E-state index contributed by atoms with van der Waals surface area (Å²) in [6.45, 7) is 1.85. The molecule has 2 aromatic rings. The molecule has 0 saturated carbocycles. The maximum atomic E-state index is 13.7. The Morgan fingerprint density at radius 3 is 2.56 bits per heavy atom. The number of hydrogen-bond donors (Lipinski definition) is 2. The van der Waals surface area contributed by atoms with Crippen LogP contribution in [0.3, 0.4) is 0 Å². The van der Waals surface area contributed by atoms with E-state index in [0.29, 0.717) is 10.7 Å². The molecule has 3 rings (SSSR count). The van der Waals surface area contributed by atoms with Crippen LogP contribution < -0.4 is 15.5 Å². The lowest BCUT2D eigenvalue weighted by Gasteiger charge is -2.23. The number of carbonyl (C=O) groups is 1. The summed E-state index contributed by atoms with van der Waals surface area (Å²) in [5.74, 6) is -1.19. The molecule has 0 spiro atoms. The van der Waals surface area contributed by atoms with E-state index >= 15 is 0 Å². The van der Waals surface area contributed by atoms with E-state index in [-0.39, 0.29) is 10.7 Å². The van der Waals surface area contributed by atoms with Crippen LogP contribution in [0.1, 0.15) is 23.2 Å². The molecule has 130 valence electrons. The molecule has 7 heteroatoms. The number of carbonyl (C=O) groups excluding carboxylic acids is 1. The fourth-order valence-corrected chi connectivity index (χ4v) is 3.34. The number of hydrogen-bond acceptors (Lipinski definition) is 3. The zero-order valence-corrected chi connectivity index (χ0v) is 15.0. The van der Waals surface area contributed by atoms with Crippen LogP contribution in [0.2, 0.25) is 5.02 Å². The molecule has 2 aromatic carbocycles. The Labute approximate surface area is 156 Å². The van der Waals surface area contributed by atoms with E-state index in [1.165, 1.54) is 18.2 Å². The highest BCUT2D eigenvalue weighted by Gasteiger charge is 2.20. The maximum Gasteiger partial charge on any atom is 0.260 e. The molecule has 1 fully saturated rings. The van der Waals surface area contributed by atoms with Gasteiger partial charge in [0.25, 0.3) is 5.91 Å². The molecule has 0 aliphatic carbocycles. The van der Waals surface area contributed by atoms with Crippen molar-refractivity contribution in [2.45, 2.75) is 12.8 Å². The van der Waals surface area contributed by atoms with Crippen LogP contribution in [-0.4, -0.2) is 24.1 Å². The van der Waals surface area contributed by atoms with Crippen molar-refractivity contribution in [3.8, 4) is 0 Å². The summed E-state index contributed by atoms with van der Waals surface area (Å²) < 4.78 is 13.7. The minimum absolute atomic E-state index is 0.0579. The Hall–Kier alpha value is -2.18. The predicted molar refractivity (Wildman–Crippen MR) is 103 cm³/mol. The van der Waals surface area contributed by atoms with Gasteiger partial charge in [-0.1, -0.05) is 29.8 Å². The average Bonchev–Trinajstić information content (AvgIpc) is 3.09. The van der Waals surface area contributed by atoms with Crippen LogP contribution in [0.4, 0.5) is 15.8 Å². The first-order valence-corrected chi connectivity index (χ1v) is 8.75. The third kappa shape index (κ3) is 4.08. The molecule has 2 N–H and O–H groups in total. The van der Waals surface area contributed by atoms with Crippen molar-refractivity contribution in [1.29, 1.82) is 0 Å². The first-order valence-electron chi connectivity index (χ1n) is 7.96. The normalized spacial score (nSPS) is 13.6. The SMILES string of the molecule is O=C(NC(=S)Nc1cccc(Cl)c1N1CCCC1)c1ccccc1F. The van der Waals surface area contributed by atoms with E-state index in [0.717, 1.165) is 31.6 Å². The second-order valence-electron chi connectivity index (χ2n) is 5.72. The first kappa shape index (κ1) is 17.6. The monoisotopic (exact) mass is 377 g/mol. The average molecular weight is 378 g/mol. The van der Waals surface area contributed by atoms with E-state index in [1.54, 1.807) is 6.07 Å². The van der Waals surface area contributed by atoms with Crippen LogP contribution in [-0.2, 0) is 0 Å². The highest BCUT2D eigenvalue weighted by Crippen LogP contribution is 2.35. The molecule has 0 radical (unpaired) electrons. The van der Waals surface area contributed by atoms with Crippen LogP contribution >= 0.6 is 23.8 Å². The van der Waals surface area contributed by atoms with Crippen molar-refractivity contribution in [2.24, 2.45) is 0 Å². The van der Waals surface area contributed by atoms with Gasteiger partial charge in [-0.2, -0.15) is 0 Å². The summed E-state index contributed by atoms with van der Waals surface area (Å²) in [4.78, 5) is 14.3. The summed E-state index contributed by atoms with van der Waals surface area (Å²) in [5.41, 5.74) is 1.52. The number of thiocarbonyl (C=S) groups is 1. The molecule has 1 saturated heterocycles. The van der Waals surface area contributed by atoms with Crippen molar-refractivity contribution in [1.82, 2.24) is 5.32 Å².